The standard InChI is InChI=1S/3C21H28N2O2S.C2H6O.3ClH/c3*1-2-3-14-25-18-10-8-17(9-11-18)21(24)22-16-19(20-7-6-15-26-20)23-12-4-5-13-23;1-2-3;;;/h3*6-11,15,19H,2-5,12-14,16H2,1H3,(H,22,24);3H,2H2,1H3;3*1H. The van der Waals surface area contributed by atoms with Crippen molar-refractivity contribution in [1.29, 1.82) is 0 Å². The summed E-state index contributed by atoms with van der Waals surface area (Å²) in [6, 6.07) is 35.9. The third kappa shape index (κ3) is 25.3. The summed E-state index contributed by atoms with van der Waals surface area (Å²) in [6.07, 6.45) is 13.9. The number of ether oxygens (including phenoxy) is 3. The molecular weight excluding hydrogens is 1180 g/mol. The summed E-state index contributed by atoms with van der Waals surface area (Å²) in [5.41, 5.74) is 2.04. The molecule has 0 bridgehead atoms. The van der Waals surface area contributed by atoms with Gasteiger partial charge in [0, 0.05) is 57.6 Å². The Labute approximate surface area is 531 Å². The van der Waals surface area contributed by atoms with Crippen molar-refractivity contribution in [3.05, 3.63) is 157 Å². The van der Waals surface area contributed by atoms with Crippen LogP contribution in [0.25, 0.3) is 0 Å². The van der Waals surface area contributed by atoms with Crippen LogP contribution in [0, 0.1) is 0 Å². The van der Waals surface area contributed by atoms with Gasteiger partial charge >= 0.3 is 0 Å². The lowest BCUT2D eigenvalue weighted by Gasteiger charge is -2.27. The van der Waals surface area contributed by atoms with E-state index in [9.17, 15) is 14.4 Å². The molecule has 3 aliphatic rings. The highest BCUT2D eigenvalue weighted by Crippen LogP contribution is 2.31. The molecule has 0 radical (unpaired) electrons. The zero-order valence-electron chi connectivity index (χ0n) is 49.7. The molecule has 3 saturated heterocycles. The highest BCUT2D eigenvalue weighted by molar-refractivity contribution is 7.10. The topological polar surface area (TPSA) is 145 Å². The van der Waals surface area contributed by atoms with Gasteiger partial charge in [0.1, 0.15) is 17.2 Å². The molecule has 6 heterocycles. The quantitative estimate of drug-likeness (QED) is 0.0368. The molecule has 3 aromatic heterocycles. The third-order valence-corrected chi connectivity index (χ3v) is 17.3. The number of benzene rings is 3. The van der Waals surface area contributed by atoms with Crippen LogP contribution in [0.4, 0.5) is 0 Å². The first-order valence-electron chi connectivity index (χ1n) is 29.7. The minimum atomic E-state index is -0.0224. The average molecular weight is 1270 g/mol. The van der Waals surface area contributed by atoms with Crippen LogP contribution in [0.3, 0.4) is 0 Å². The first-order valence-corrected chi connectivity index (χ1v) is 32.3. The Bertz CT molecular complexity index is 2320. The first kappa shape index (κ1) is 73.5. The average Bonchev–Trinajstić information content (AvgIpc) is 4.37. The molecule has 19 heteroatoms. The van der Waals surface area contributed by atoms with E-state index in [4.69, 9.17) is 19.3 Å². The van der Waals surface area contributed by atoms with Crippen molar-refractivity contribution >= 4 is 89.0 Å². The molecule has 4 N–H and O–H groups in total. The van der Waals surface area contributed by atoms with Crippen LogP contribution in [0.15, 0.2) is 125 Å². The van der Waals surface area contributed by atoms with Crippen molar-refractivity contribution in [2.24, 2.45) is 0 Å². The molecule has 0 saturated carbocycles. The van der Waals surface area contributed by atoms with Crippen molar-refractivity contribution in [1.82, 2.24) is 30.7 Å². The van der Waals surface area contributed by atoms with Crippen LogP contribution < -0.4 is 30.2 Å². The molecule has 3 amide bonds. The van der Waals surface area contributed by atoms with Crippen molar-refractivity contribution in [2.45, 2.75) is 123 Å². The van der Waals surface area contributed by atoms with E-state index in [1.54, 1.807) is 40.9 Å². The van der Waals surface area contributed by atoms with Gasteiger partial charge in [0.25, 0.3) is 17.7 Å². The van der Waals surface area contributed by atoms with Crippen molar-refractivity contribution < 1.29 is 33.7 Å². The zero-order chi connectivity index (χ0) is 57.3. The van der Waals surface area contributed by atoms with Gasteiger partial charge in [0.15, 0.2) is 0 Å². The molecule has 13 nitrogen and oxygen atoms in total. The van der Waals surface area contributed by atoms with E-state index in [0.29, 0.717) is 36.3 Å². The minimum absolute atomic E-state index is 0. The van der Waals surface area contributed by atoms with Gasteiger partial charge in [-0.15, -0.1) is 71.2 Å². The molecular formula is C65H93Cl3N6O7S3. The number of carbonyl (C=O) groups excluding carboxylic acids is 3. The number of unbranched alkanes of at least 4 members (excludes halogenated alkanes) is 3. The van der Waals surface area contributed by atoms with E-state index in [-0.39, 0.29) is 79.7 Å². The Morgan fingerprint density at radius 1 is 0.429 bits per heavy atom. The monoisotopic (exact) mass is 1270 g/mol. The molecule has 3 aromatic carbocycles. The second-order valence-electron chi connectivity index (χ2n) is 20.4. The van der Waals surface area contributed by atoms with Crippen LogP contribution in [-0.4, -0.2) is 123 Å². The molecule has 3 unspecified atom stereocenters. The van der Waals surface area contributed by atoms with Crippen LogP contribution >= 0.6 is 71.2 Å². The molecule has 3 aliphatic heterocycles. The number of aliphatic hydroxyl groups is 1. The summed E-state index contributed by atoms with van der Waals surface area (Å²) >= 11 is 5.30. The highest BCUT2D eigenvalue weighted by atomic mass is 35.5. The molecule has 6 aromatic rings. The first-order chi connectivity index (χ1) is 39.7. The summed E-state index contributed by atoms with van der Waals surface area (Å²) in [7, 11) is 0. The number of nitrogens with zero attached hydrogens (tertiary/aromatic N) is 3. The van der Waals surface area contributed by atoms with Crippen LogP contribution in [0.5, 0.6) is 17.2 Å². The second-order valence-corrected chi connectivity index (χ2v) is 23.4. The van der Waals surface area contributed by atoms with E-state index in [0.717, 1.165) is 115 Å². The third-order valence-electron chi connectivity index (χ3n) is 14.4. The number of thiophene rings is 3. The fourth-order valence-corrected chi connectivity index (χ4v) is 12.4. The highest BCUT2D eigenvalue weighted by Gasteiger charge is 2.27. The van der Waals surface area contributed by atoms with Gasteiger partial charge in [-0.25, -0.2) is 0 Å². The fourth-order valence-electron chi connectivity index (χ4n) is 9.82. The van der Waals surface area contributed by atoms with Crippen molar-refractivity contribution in [3.63, 3.8) is 0 Å². The van der Waals surface area contributed by atoms with Crippen molar-refractivity contribution in [3.8, 4) is 17.2 Å². The Kier molecular flexibility index (Phi) is 37.6. The fraction of sp³-hybridized carbons (Fsp3) is 0.492. The Hall–Kier alpha value is -4.72. The summed E-state index contributed by atoms with van der Waals surface area (Å²) < 4.78 is 17.0. The maximum absolute atomic E-state index is 12.5. The van der Waals surface area contributed by atoms with Gasteiger partial charge in [-0.1, -0.05) is 58.2 Å². The number of rotatable bonds is 27. The normalized spacial score (nSPS) is 14.8. The number of amides is 3. The van der Waals surface area contributed by atoms with Gasteiger partial charge in [-0.05, 0) is 211 Å². The van der Waals surface area contributed by atoms with Gasteiger partial charge in [0.2, 0.25) is 0 Å². The Balaban J connectivity index is 0.000000317. The minimum Gasteiger partial charge on any atom is -0.494 e. The molecule has 3 atom stereocenters. The summed E-state index contributed by atoms with van der Waals surface area (Å²) in [4.78, 5) is 49.0. The Morgan fingerprint density at radius 3 is 0.869 bits per heavy atom. The van der Waals surface area contributed by atoms with E-state index in [2.05, 4.69) is 104 Å². The molecule has 464 valence electrons. The number of hydrogen-bond acceptors (Lipinski definition) is 13. The van der Waals surface area contributed by atoms with Gasteiger partial charge in [-0.3, -0.25) is 29.1 Å². The van der Waals surface area contributed by atoms with Crippen LogP contribution in [0.2, 0.25) is 0 Å². The zero-order valence-corrected chi connectivity index (χ0v) is 54.6. The maximum Gasteiger partial charge on any atom is 0.251 e. The van der Waals surface area contributed by atoms with Crippen molar-refractivity contribution in [2.75, 3.05) is 85.3 Å². The molecule has 3 fully saturated rings. The lowest BCUT2D eigenvalue weighted by atomic mass is 10.1. The predicted molar refractivity (Wildman–Crippen MR) is 356 cm³/mol. The van der Waals surface area contributed by atoms with E-state index < -0.39 is 0 Å². The predicted octanol–water partition coefficient (Wildman–Crippen LogP) is 14.7. The maximum atomic E-state index is 12.5. The van der Waals surface area contributed by atoms with Crippen LogP contribution in [-0.2, 0) is 0 Å². The van der Waals surface area contributed by atoms with Gasteiger partial charge in [0.05, 0.1) is 37.9 Å². The molecule has 9 rings (SSSR count). The number of nitrogens with one attached hydrogen (secondary N) is 3. The Morgan fingerprint density at radius 2 is 0.667 bits per heavy atom. The van der Waals surface area contributed by atoms with Crippen LogP contribution in [0.1, 0.15) is 169 Å². The lowest BCUT2D eigenvalue weighted by molar-refractivity contribution is 0.0930. The SMILES string of the molecule is CCCCOc1ccc(C(=O)NCC(c2cccs2)N2CCCC2)cc1.CCCCOc1ccc(C(=O)NCC(c2cccs2)N2CCCC2)cc1.CCCCOc1ccc(C(=O)NCC(c2cccs2)N2CCCC2)cc1.CCO.Cl.Cl.Cl. The summed E-state index contributed by atoms with van der Waals surface area (Å²) in [5, 5.41) is 23.3. The molecule has 0 aliphatic carbocycles. The van der Waals surface area contributed by atoms with Gasteiger partial charge in [-0.2, -0.15) is 0 Å². The molecule has 84 heavy (non-hydrogen) atoms. The van der Waals surface area contributed by atoms with E-state index >= 15 is 0 Å². The largest absolute Gasteiger partial charge is 0.494 e. The lowest BCUT2D eigenvalue weighted by Crippen LogP contribution is -2.36. The second kappa shape index (κ2) is 43.0. The summed E-state index contributed by atoms with van der Waals surface area (Å²) in [5.74, 6) is 2.40. The summed E-state index contributed by atoms with van der Waals surface area (Å²) in [6.45, 7) is 19.1. The number of hydrogen-bond donors (Lipinski definition) is 4. The number of carbonyl (C=O) groups is 3. The molecule has 0 spiro atoms. The van der Waals surface area contributed by atoms with Gasteiger partial charge < -0.3 is 35.3 Å². The van der Waals surface area contributed by atoms with E-state index in [1.165, 1.54) is 53.2 Å². The van der Waals surface area contributed by atoms with E-state index in [1.807, 2.05) is 72.8 Å². The smallest absolute Gasteiger partial charge is 0.251 e. The number of likely N-dealkylation sites (tertiary alicyclic amines) is 3. The number of aliphatic hydroxyl groups excluding tert-OH is 1. The number of halogens is 3.